The summed E-state index contributed by atoms with van der Waals surface area (Å²) >= 11 is 0. The molecule has 1 saturated heterocycles. The van der Waals surface area contributed by atoms with Crippen LogP contribution in [0.3, 0.4) is 0 Å². The molecule has 0 unspecified atom stereocenters. The quantitative estimate of drug-likeness (QED) is 0.838. The Kier molecular flexibility index (Phi) is 3.71. The van der Waals surface area contributed by atoms with E-state index in [9.17, 15) is 12.8 Å². The van der Waals surface area contributed by atoms with Crippen molar-refractivity contribution in [2.75, 3.05) is 13.1 Å². The second kappa shape index (κ2) is 4.87. The average molecular weight is 285 g/mol. The molecule has 2 rings (SSSR count). The molecule has 1 aromatic rings. The lowest BCUT2D eigenvalue weighted by Crippen LogP contribution is -2.41. The highest BCUT2D eigenvalue weighted by Gasteiger charge is 2.33. The Bertz CT molecular complexity index is 571. The van der Waals surface area contributed by atoms with E-state index in [0.29, 0.717) is 18.7 Å². The number of benzene rings is 1. The van der Waals surface area contributed by atoms with Crippen LogP contribution in [0.2, 0.25) is 0 Å². The molecule has 0 amide bonds. The van der Waals surface area contributed by atoms with Crippen molar-refractivity contribution in [3.63, 3.8) is 0 Å². The van der Waals surface area contributed by atoms with Crippen LogP contribution in [0.25, 0.3) is 0 Å². The third-order valence-electron chi connectivity index (χ3n) is 3.83. The van der Waals surface area contributed by atoms with E-state index in [1.807, 2.05) is 0 Å². The highest BCUT2D eigenvalue weighted by atomic mass is 32.2. The minimum absolute atomic E-state index is 0.198. The first-order chi connectivity index (χ1) is 8.72. The maximum absolute atomic E-state index is 13.1. The second-order valence-corrected chi connectivity index (χ2v) is 7.88. The summed E-state index contributed by atoms with van der Waals surface area (Å²) in [6.45, 7) is 7.00. The molecule has 1 fully saturated rings. The fraction of sp³-hybridized carbons (Fsp3) is 0.571. The normalized spacial score (nSPS) is 20.4. The van der Waals surface area contributed by atoms with Crippen molar-refractivity contribution >= 4 is 10.0 Å². The third kappa shape index (κ3) is 2.98. The van der Waals surface area contributed by atoms with Gasteiger partial charge in [-0.3, -0.25) is 0 Å². The molecule has 5 heteroatoms. The van der Waals surface area contributed by atoms with Crippen LogP contribution >= 0.6 is 0 Å². The number of halogens is 1. The average Bonchev–Trinajstić information content (AvgIpc) is 2.27. The van der Waals surface area contributed by atoms with Gasteiger partial charge in [0.15, 0.2) is 0 Å². The summed E-state index contributed by atoms with van der Waals surface area (Å²) in [5.74, 6) is -0.406. The largest absolute Gasteiger partial charge is 0.243 e. The van der Waals surface area contributed by atoms with Gasteiger partial charge in [0, 0.05) is 13.1 Å². The molecule has 1 aromatic carbocycles. The molecule has 106 valence electrons. The van der Waals surface area contributed by atoms with Gasteiger partial charge in [-0.25, -0.2) is 12.8 Å². The fourth-order valence-corrected chi connectivity index (χ4v) is 4.02. The minimum Gasteiger partial charge on any atom is -0.207 e. The zero-order valence-corrected chi connectivity index (χ0v) is 12.4. The van der Waals surface area contributed by atoms with Gasteiger partial charge in [-0.15, -0.1) is 0 Å². The Balaban J connectivity index is 2.28. The summed E-state index contributed by atoms with van der Waals surface area (Å²) in [5, 5.41) is 0. The van der Waals surface area contributed by atoms with Crippen molar-refractivity contribution in [3.05, 3.63) is 29.6 Å². The van der Waals surface area contributed by atoms with E-state index in [1.54, 1.807) is 6.92 Å². The van der Waals surface area contributed by atoms with Crippen LogP contribution in [-0.4, -0.2) is 25.8 Å². The number of sulfonamides is 1. The predicted molar refractivity (Wildman–Crippen MR) is 72.9 cm³/mol. The Morgan fingerprint density at radius 3 is 2.32 bits per heavy atom. The van der Waals surface area contributed by atoms with Crippen LogP contribution in [0.4, 0.5) is 4.39 Å². The summed E-state index contributed by atoms with van der Waals surface area (Å²) in [4.78, 5) is 0.216. The molecule has 0 N–H and O–H groups in total. The molecule has 1 heterocycles. The van der Waals surface area contributed by atoms with Gasteiger partial charge < -0.3 is 0 Å². The molecule has 1 aliphatic heterocycles. The van der Waals surface area contributed by atoms with Crippen molar-refractivity contribution in [3.8, 4) is 0 Å². The van der Waals surface area contributed by atoms with Gasteiger partial charge in [0.05, 0.1) is 4.90 Å². The maximum Gasteiger partial charge on any atom is 0.243 e. The smallest absolute Gasteiger partial charge is 0.207 e. The molecule has 0 bridgehead atoms. The van der Waals surface area contributed by atoms with Gasteiger partial charge in [0.2, 0.25) is 10.0 Å². The van der Waals surface area contributed by atoms with Crippen molar-refractivity contribution in [2.24, 2.45) is 5.41 Å². The van der Waals surface area contributed by atoms with Crippen LogP contribution < -0.4 is 0 Å². The summed E-state index contributed by atoms with van der Waals surface area (Å²) < 4.78 is 39.7. The van der Waals surface area contributed by atoms with Crippen LogP contribution in [0.15, 0.2) is 23.1 Å². The zero-order valence-electron chi connectivity index (χ0n) is 11.6. The van der Waals surface area contributed by atoms with Gasteiger partial charge in [0.25, 0.3) is 0 Å². The molecule has 0 atom stereocenters. The Morgan fingerprint density at radius 2 is 1.79 bits per heavy atom. The minimum atomic E-state index is -3.49. The molecule has 19 heavy (non-hydrogen) atoms. The molecule has 1 aliphatic rings. The van der Waals surface area contributed by atoms with E-state index in [1.165, 1.54) is 22.5 Å². The van der Waals surface area contributed by atoms with Gasteiger partial charge in [-0.2, -0.15) is 4.31 Å². The van der Waals surface area contributed by atoms with E-state index in [2.05, 4.69) is 13.8 Å². The second-order valence-electron chi connectivity index (χ2n) is 5.98. The van der Waals surface area contributed by atoms with Gasteiger partial charge >= 0.3 is 0 Å². The molecule has 0 aliphatic carbocycles. The molecule has 0 spiro atoms. The Labute approximate surface area is 114 Å². The number of aryl methyl sites for hydroxylation is 1. The van der Waals surface area contributed by atoms with Gasteiger partial charge in [-0.05, 0) is 48.9 Å². The lowest BCUT2D eigenvalue weighted by atomic mass is 9.83. The van der Waals surface area contributed by atoms with Gasteiger partial charge in [-0.1, -0.05) is 13.8 Å². The van der Waals surface area contributed by atoms with Crippen LogP contribution in [0.1, 0.15) is 32.3 Å². The van der Waals surface area contributed by atoms with E-state index in [0.717, 1.165) is 12.8 Å². The van der Waals surface area contributed by atoms with E-state index >= 15 is 0 Å². The first-order valence-electron chi connectivity index (χ1n) is 6.49. The van der Waals surface area contributed by atoms with Gasteiger partial charge in [0.1, 0.15) is 5.82 Å². The number of nitrogens with zero attached hydrogens (tertiary/aromatic N) is 1. The van der Waals surface area contributed by atoms with Crippen LogP contribution in [0, 0.1) is 18.2 Å². The maximum atomic E-state index is 13.1. The molecule has 3 nitrogen and oxygen atoms in total. The fourth-order valence-electron chi connectivity index (χ4n) is 2.37. The van der Waals surface area contributed by atoms with Crippen LogP contribution in [0.5, 0.6) is 0 Å². The Hall–Kier alpha value is -0.940. The van der Waals surface area contributed by atoms with Crippen LogP contribution in [-0.2, 0) is 10.0 Å². The lowest BCUT2D eigenvalue weighted by Gasteiger charge is -2.36. The molecule has 0 saturated carbocycles. The highest BCUT2D eigenvalue weighted by molar-refractivity contribution is 7.89. The topological polar surface area (TPSA) is 37.4 Å². The highest BCUT2D eigenvalue weighted by Crippen LogP contribution is 2.32. The zero-order chi connectivity index (χ0) is 14.3. The molecule has 0 aromatic heterocycles. The predicted octanol–water partition coefficient (Wildman–Crippen LogP) is 2.94. The summed E-state index contributed by atoms with van der Waals surface area (Å²) in [6, 6.07) is 3.83. The Morgan fingerprint density at radius 1 is 1.21 bits per heavy atom. The summed E-state index contributed by atoms with van der Waals surface area (Å²) in [6.07, 6.45) is 1.71. The molecular formula is C14H20FNO2S. The van der Waals surface area contributed by atoms with E-state index in [4.69, 9.17) is 0 Å². The summed E-state index contributed by atoms with van der Waals surface area (Å²) in [5.41, 5.74) is 0.661. The third-order valence-corrected chi connectivity index (χ3v) is 5.89. The monoisotopic (exact) mass is 285 g/mol. The lowest BCUT2D eigenvalue weighted by molar-refractivity contribution is 0.196. The first-order valence-corrected chi connectivity index (χ1v) is 7.93. The van der Waals surface area contributed by atoms with Crippen molar-refractivity contribution in [1.82, 2.24) is 4.31 Å². The first kappa shape index (κ1) is 14.5. The van der Waals surface area contributed by atoms with E-state index in [-0.39, 0.29) is 10.3 Å². The number of piperidine rings is 1. The summed E-state index contributed by atoms with van der Waals surface area (Å²) in [7, 11) is -3.49. The number of hydrogen-bond acceptors (Lipinski definition) is 2. The van der Waals surface area contributed by atoms with Crippen molar-refractivity contribution in [2.45, 2.75) is 38.5 Å². The molecule has 0 radical (unpaired) electrons. The molecular weight excluding hydrogens is 265 g/mol. The standard InChI is InChI=1S/C14H20FNO2S/c1-11-10-12(15)4-5-13(11)19(17,18)16-8-6-14(2,3)7-9-16/h4-5,10H,6-9H2,1-3H3. The van der Waals surface area contributed by atoms with E-state index < -0.39 is 15.8 Å². The number of rotatable bonds is 2. The van der Waals surface area contributed by atoms with Crippen molar-refractivity contribution in [1.29, 1.82) is 0 Å². The van der Waals surface area contributed by atoms with Crippen molar-refractivity contribution < 1.29 is 12.8 Å². The number of hydrogen-bond donors (Lipinski definition) is 0. The SMILES string of the molecule is Cc1cc(F)ccc1S(=O)(=O)N1CCC(C)(C)CC1.